The normalized spacial score (nSPS) is 21.8. The average Bonchev–Trinajstić information content (AvgIpc) is 2.53. The topological polar surface area (TPSA) is 66.8 Å². The predicted octanol–water partition coefficient (Wildman–Crippen LogP) is 2.31. The van der Waals surface area contributed by atoms with Crippen molar-refractivity contribution in [3.63, 3.8) is 0 Å². The highest BCUT2D eigenvalue weighted by Crippen LogP contribution is 2.26. The Bertz CT molecular complexity index is 480. The van der Waals surface area contributed by atoms with Crippen molar-refractivity contribution >= 4 is 17.6 Å². The van der Waals surface area contributed by atoms with Crippen LogP contribution in [0.3, 0.4) is 0 Å². The quantitative estimate of drug-likeness (QED) is 0.904. The number of anilines is 1. The molecule has 0 saturated heterocycles. The van der Waals surface area contributed by atoms with Gasteiger partial charge in [0.2, 0.25) is 0 Å². The monoisotopic (exact) mass is 291 g/mol. The van der Waals surface area contributed by atoms with Crippen molar-refractivity contribution in [2.75, 3.05) is 18.6 Å². The van der Waals surface area contributed by atoms with Crippen molar-refractivity contribution in [3.05, 3.63) is 30.3 Å². The Balaban J connectivity index is 1.76. The number of carboxylic acids is 1. The van der Waals surface area contributed by atoms with Crippen LogP contribution in [-0.2, 0) is 14.3 Å². The zero-order valence-electron chi connectivity index (χ0n) is 12.2. The predicted molar refractivity (Wildman–Crippen MR) is 79.2 cm³/mol. The number of carboxylic acid groups (broad SMARTS) is 1. The lowest BCUT2D eigenvalue weighted by molar-refractivity contribution is -0.144. The zero-order valence-corrected chi connectivity index (χ0v) is 12.2. The number of para-hydroxylation sites is 1. The third-order valence-corrected chi connectivity index (χ3v) is 3.98. The second-order valence-electron chi connectivity index (χ2n) is 5.41. The van der Waals surface area contributed by atoms with Crippen LogP contribution >= 0.6 is 0 Å². The van der Waals surface area contributed by atoms with E-state index in [0.29, 0.717) is 25.7 Å². The molecule has 1 aliphatic carbocycles. The minimum atomic E-state index is -0.728. The Hall–Kier alpha value is -1.88. The average molecular weight is 291 g/mol. The summed E-state index contributed by atoms with van der Waals surface area (Å²) in [6.45, 7) is 0.0355. The first-order valence-corrected chi connectivity index (χ1v) is 7.24. The molecule has 1 fully saturated rings. The van der Waals surface area contributed by atoms with Crippen molar-refractivity contribution < 1.29 is 19.4 Å². The van der Waals surface area contributed by atoms with Gasteiger partial charge < -0.3 is 14.7 Å². The van der Waals surface area contributed by atoms with Gasteiger partial charge in [-0.1, -0.05) is 18.2 Å². The summed E-state index contributed by atoms with van der Waals surface area (Å²) in [4.78, 5) is 24.5. The number of hydrogen-bond donors (Lipinski definition) is 1. The minimum absolute atomic E-state index is 0.00581. The lowest BCUT2D eigenvalue weighted by Crippen LogP contribution is -2.33. The van der Waals surface area contributed by atoms with Crippen LogP contribution in [0.5, 0.6) is 0 Å². The van der Waals surface area contributed by atoms with Crippen LogP contribution in [0.2, 0.25) is 0 Å². The molecule has 1 N–H and O–H groups in total. The van der Waals surface area contributed by atoms with Crippen LogP contribution in [0, 0.1) is 5.92 Å². The molecule has 114 valence electrons. The zero-order chi connectivity index (χ0) is 15.2. The smallest absolute Gasteiger partial charge is 0.306 e. The fraction of sp³-hybridized carbons (Fsp3) is 0.500. The van der Waals surface area contributed by atoms with E-state index in [0.717, 1.165) is 5.69 Å². The number of hydrogen-bond acceptors (Lipinski definition) is 3. The Morgan fingerprint density at radius 3 is 2.38 bits per heavy atom. The Labute approximate surface area is 124 Å². The molecule has 0 spiro atoms. The molecule has 0 aromatic heterocycles. The van der Waals surface area contributed by atoms with E-state index in [4.69, 9.17) is 9.84 Å². The summed E-state index contributed by atoms with van der Waals surface area (Å²) in [7, 11) is 1.72. The molecule has 0 bridgehead atoms. The Kier molecular flexibility index (Phi) is 5.33. The molecule has 0 unspecified atom stereocenters. The number of ether oxygens (including phenoxy) is 1. The molecule has 0 heterocycles. The van der Waals surface area contributed by atoms with Gasteiger partial charge >= 0.3 is 5.97 Å². The van der Waals surface area contributed by atoms with Crippen LogP contribution in [0.15, 0.2) is 30.3 Å². The van der Waals surface area contributed by atoms with Gasteiger partial charge in [-0.25, -0.2) is 0 Å². The van der Waals surface area contributed by atoms with Crippen LogP contribution < -0.4 is 4.90 Å². The molecule has 1 amide bonds. The van der Waals surface area contributed by atoms with Crippen molar-refractivity contribution in [3.8, 4) is 0 Å². The second kappa shape index (κ2) is 7.22. The first-order chi connectivity index (χ1) is 10.1. The summed E-state index contributed by atoms with van der Waals surface area (Å²) in [6.07, 6.45) is 2.66. The molecular formula is C16H21NO4. The molecule has 21 heavy (non-hydrogen) atoms. The molecular weight excluding hydrogens is 270 g/mol. The summed E-state index contributed by atoms with van der Waals surface area (Å²) in [5, 5.41) is 8.94. The first-order valence-electron chi connectivity index (χ1n) is 7.24. The molecule has 5 heteroatoms. The number of nitrogens with zero attached hydrogens (tertiary/aromatic N) is 1. The van der Waals surface area contributed by atoms with Crippen molar-refractivity contribution in [1.82, 2.24) is 0 Å². The van der Waals surface area contributed by atoms with E-state index in [2.05, 4.69) is 0 Å². The number of rotatable bonds is 5. The molecule has 0 atom stereocenters. The first kappa shape index (κ1) is 15.5. The largest absolute Gasteiger partial charge is 0.481 e. The number of likely N-dealkylation sites (N-methyl/N-ethyl adjacent to an activating group) is 1. The van der Waals surface area contributed by atoms with E-state index in [1.54, 1.807) is 11.9 Å². The van der Waals surface area contributed by atoms with Crippen LogP contribution in [0.25, 0.3) is 0 Å². The van der Waals surface area contributed by atoms with E-state index in [-0.39, 0.29) is 24.5 Å². The molecule has 1 saturated carbocycles. The van der Waals surface area contributed by atoms with E-state index >= 15 is 0 Å². The summed E-state index contributed by atoms with van der Waals surface area (Å²) in [5.41, 5.74) is 0.834. The van der Waals surface area contributed by atoms with Crippen LogP contribution in [-0.4, -0.2) is 36.7 Å². The van der Waals surface area contributed by atoms with Crippen LogP contribution in [0.4, 0.5) is 5.69 Å². The summed E-state index contributed by atoms with van der Waals surface area (Å²) in [5.74, 6) is -1.08. The van der Waals surface area contributed by atoms with Gasteiger partial charge in [0.05, 0.1) is 12.0 Å². The Morgan fingerprint density at radius 1 is 1.19 bits per heavy atom. The molecule has 1 aromatic rings. The maximum absolute atomic E-state index is 12.1. The fourth-order valence-electron chi connectivity index (χ4n) is 2.56. The molecule has 1 aromatic carbocycles. The van der Waals surface area contributed by atoms with E-state index in [9.17, 15) is 9.59 Å². The van der Waals surface area contributed by atoms with Crippen molar-refractivity contribution in [2.24, 2.45) is 5.92 Å². The molecule has 1 aliphatic rings. The van der Waals surface area contributed by atoms with E-state index in [1.165, 1.54) is 0 Å². The van der Waals surface area contributed by atoms with Gasteiger partial charge in [0.15, 0.2) is 0 Å². The number of carbonyl (C=O) groups excluding carboxylic acids is 1. The maximum Gasteiger partial charge on any atom is 0.306 e. The number of amides is 1. The highest BCUT2D eigenvalue weighted by atomic mass is 16.5. The number of benzene rings is 1. The van der Waals surface area contributed by atoms with E-state index in [1.807, 2.05) is 30.3 Å². The highest BCUT2D eigenvalue weighted by molar-refractivity contribution is 5.93. The van der Waals surface area contributed by atoms with Crippen molar-refractivity contribution in [1.29, 1.82) is 0 Å². The van der Waals surface area contributed by atoms with Gasteiger partial charge in [-0.3, -0.25) is 9.59 Å². The van der Waals surface area contributed by atoms with Gasteiger partial charge in [-0.05, 0) is 37.8 Å². The summed E-state index contributed by atoms with van der Waals surface area (Å²) >= 11 is 0. The number of aliphatic carboxylic acids is 1. The molecule has 5 nitrogen and oxygen atoms in total. The summed E-state index contributed by atoms with van der Waals surface area (Å²) in [6, 6.07) is 9.41. The van der Waals surface area contributed by atoms with Crippen LogP contribution in [0.1, 0.15) is 25.7 Å². The third kappa shape index (κ3) is 4.29. The van der Waals surface area contributed by atoms with Crippen molar-refractivity contribution in [2.45, 2.75) is 31.8 Å². The van der Waals surface area contributed by atoms with Gasteiger partial charge in [-0.15, -0.1) is 0 Å². The SMILES string of the molecule is CN(C(=O)COC1CCC(C(=O)O)CC1)c1ccccc1. The standard InChI is InChI=1S/C16H21NO4/c1-17(13-5-3-2-4-6-13)15(18)11-21-14-9-7-12(8-10-14)16(19)20/h2-6,12,14H,7-11H2,1H3,(H,19,20). The lowest BCUT2D eigenvalue weighted by Gasteiger charge is -2.26. The van der Waals surface area contributed by atoms with Gasteiger partial charge in [0, 0.05) is 12.7 Å². The second-order valence-corrected chi connectivity index (χ2v) is 5.41. The van der Waals surface area contributed by atoms with Gasteiger partial charge in [0.25, 0.3) is 5.91 Å². The molecule has 0 radical (unpaired) electrons. The third-order valence-electron chi connectivity index (χ3n) is 3.98. The van der Waals surface area contributed by atoms with Gasteiger partial charge in [-0.2, -0.15) is 0 Å². The Morgan fingerprint density at radius 2 is 1.81 bits per heavy atom. The highest BCUT2D eigenvalue weighted by Gasteiger charge is 2.26. The summed E-state index contributed by atoms with van der Waals surface area (Å²) < 4.78 is 5.63. The van der Waals surface area contributed by atoms with E-state index < -0.39 is 5.97 Å². The minimum Gasteiger partial charge on any atom is -0.481 e. The fourth-order valence-corrected chi connectivity index (χ4v) is 2.56. The van der Waals surface area contributed by atoms with Gasteiger partial charge in [0.1, 0.15) is 6.61 Å². The lowest BCUT2D eigenvalue weighted by atomic mass is 9.87. The molecule has 0 aliphatic heterocycles. The molecule has 2 rings (SSSR count). The maximum atomic E-state index is 12.1. The number of carbonyl (C=O) groups is 2.